The van der Waals surface area contributed by atoms with E-state index in [0.717, 1.165) is 0 Å². The van der Waals surface area contributed by atoms with E-state index in [2.05, 4.69) is 5.32 Å². The van der Waals surface area contributed by atoms with Crippen molar-refractivity contribution in [2.75, 3.05) is 11.9 Å². The van der Waals surface area contributed by atoms with Crippen LogP contribution in [-0.4, -0.2) is 24.0 Å². The number of benzene rings is 1. The van der Waals surface area contributed by atoms with Gasteiger partial charge in [-0.2, -0.15) is 0 Å². The van der Waals surface area contributed by atoms with Gasteiger partial charge in [0.25, 0.3) is 0 Å². The number of Topliss-reactive ketones (excluding diaryl/α,β-unsaturated/α-hetero) is 1. The van der Waals surface area contributed by atoms with E-state index >= 15 is 0 Å². The van der Waals surface area contributed by atoms with Crippen LogP contribution in [0.4, 0.5) is 10.5 Å². The van der Waals surface area contributed by atoms with Crippen LogP contribution in [0.5, 0.6) is 0 Å². The highest BCUT2D eigenvalue weighted by Crippen LogP contribution is 2.22. The molecule has 5 nitrogen and oxygen atoms in total. The summed E-state index contributed by atoms with van der Waals surface area (Å²) in [6.07, 6.45) is -0.382. The van der Waals surface area contributed by atoms with Crippen molar-refractivity contribution in [2.45, 2.75) is 32.8 Å². The average Bonchev–Trinajstić information content (AvgIpc) is 2.29. The summed E-state index contributed by atoms with van der Waals surface area (Å²) in [6.45, 7) is 5.55. The molecule has 0 heterocycles. The molecule has 3 N–H and O–H groups in total. The van der Waals surface area contributed by atoms with Gasteiger partial charge in [0, 0.05) is 17.7 Å². The van der Waals surface area contributed by atoms with Gasteiger partial charge in [-0.3, -0.25) is 10.1 Å². The van der Waals surface area contributed by atoms with Crippen LogP contribution < -0.4 is 11.1 Å². The van der Waals surface area contributed by atoms with Crippen molar-refractivity contribution in [3.8, 4) is 0 Å². The highest BCUT2D eigenvalue weighted by Gasteiger charge is 2.17. The van der Waals surface area contributed by atoms with E-state index in [0.29, 0.717) is 16.3 Å². The zero-order valence-corrected chi connectivity index (χ0v) is 12.6. The van der Waals surface area contributed by atoms with Crippen LogP contribution in [0.15, 0.2) is 18.2 Å². The second-order valence-corrected chi connectivity index (χ2v) is 5.69. The summed E-state index contributed by atoms with van der Waals surface area (Å²) in [4.78, 5) is 23.5. The van der Waals surface area contributed by atoms with Gasteiger partial charge < -0.3 is 10.5 Å². The highest BCUT2D eigenvalue weighted by molar-refractivity contribution is 6.34. The van der Waals surface area contributed by atoms with E-state index in [4.69, 9.17) is 22.1 Å². The molecule has 1 rings (SSSR count). The third kappa shape index (κ3) is 5.19. The largest absolute Gasteiger partial charge is 0.444 e. The minimum absolute atomic E-state index is 0.162. The smallest absolute Gasteiger partial charge is 0.412 e. The molecule has 0 aliphatic carbocycles. The van der Waals surface area contributed by atoms with Crippen molar-refractivity contribution >= 4 is 29.2 Å². The monoisotopic (exact) mass is 298 g/mol. The Bertz CT molecular complexity index is 510. The van der Waals surface area contributed by atoms with Crippen LogP contribution in [0.1, 0.15) is 37.6 Å². The molecule has 0 aliphatic rings. The SMILES string of the molecule is CC(C)(C)OC(=O)Nc1ccc(Cl)c(C(=O)CCN)c1. The molecule has 1 aromatic carbocycles. The van der Waals surface area contributed by atoms with Crippen LogP contribution in [0.3, 0.4) is 0 Å². The van der Waals surface area contributed by atoms with E-state index in [1.807, 2.05) is 0 Å². The van der Waals surface area contributed by atoms with Crippen molar-refractivity contribution in [1.82, 2.24) is 0 Å². The Kier molecular flexibility index (Phi) is 5.53. The Labute approximate surface area is 123 Å². The number of halogens is 1. The van der Waals surface area contributed by atoms with E-state index in [-0.39, 0.29) is 18.7 Å². The molecule has 0 saturated carbocycles. The number of hydrogen-bond donors (Lipinski definition) is 2. The number of nitrogens with one attached hydrogen (secondary N) is 1. The van der Waals surface area contributed by atoms with Crippen molar-refractivity contribution in [3.05, 3.63) is 28.8 Å². The number of rotatable bonds is 4. The molecule has 0 aromatic heterocycles. The quantitative estimate of drug-likeness (QED) is 0.836. The second kappa shape index (κ2) is 6.72. The Morgan fingerprint density at radius 1 is 1.35 bits per heavy atom. The molecular weight excluding hydrogens is 280 g/mol. The minimum atomic E-state index is -0.589. The Morgan fingerprint density at radius 3 is 2.55 bits per heavy atom. The molecule has 0 fully saturated rings. The first-order chi connectivity index (χ1) is 9.23. The molecule has 0 saturated heterocycles. The molecular formula is C14H19ClN2O3. The number of carbonyl (C=O) groups excluding carboxylic acids is 2. The number of anilines is 1. The number of hydrogen-bond acceptors (Lipinski definition) is 4. The lowest BCUT2D eigenvalue weighted by atomic mass is 10.1. The first-order valence-electron chi connectivity index (χ1n) is 6.26. The van der Waals surface area contributed by atoms with Crippen LogP contribution in [0, 0.1) is 0 Å². The summed E-state index contributed by atoms with van der Waals surface area (Å²) in [5.41, 5.74) is 5.55. The maximum Gasteiger partial charge on any atom is 0.412 e. The van der Waals surface area contributed by atoms with Crippen molar-refractivity contribution in [1.29, 1.82) is 0 Å². The van der Waals surface area contributed by atoms with Crippen LogP contribution in [0.2, 0.25) is 5.02 Å². The normalized spacial score (nSPS) is 11.1. The lowest BCUT2D eigenvalue weighted by Crippen LogP contribution is -2.27. The third-order valence-corrected chi connectivity index (χ3v) is 2.61. The average molecular weight is 299 g/mol. The molecule has 0 bridgehead atoms. The van der Waals surface area contributed by atoms with Crippen LogP contribution in [-0.2, 0) is 4.74 Å². The number of ether oxygens (including phenoxy) is 1. The first-order valence-corrected chi connectivity index (χ1v) is 6.63. The van der Waals surface area contributed by atoms with Crippen LogP contribution >= 0.6 is 11.6 Å². The van der Waals surface area contributed by atoms with Gasteiger partial charge in [0.2, 0.25) is 0 Å². The lowest BCUT2D eigenvalue weighted by Gasteiger charge is -2.19. The topological polar surface area (TPSA) is 81.4 Å². The van der Waals surface area contributed by atoms with Gasteiger partial charge in [-0.15, -0.1) is 0 Å². The minimum Gasteiger partial charge on any atom is -0.444 e. The molecule has 0 spiro atoms. The van der Waals surface area contributed by atoms with E-state index in [1.54, 1.807) is 32.9 Å². The fraction of sp³-hybridized carbons (Fsp3) is 0.429. The Balaban J connectivity index is 2.85. The fourth-order valence-electron chi connectivity index (χ4n) is 1.50. The summed E-state index contributed by atoms with van der Waals surface area (Å²) in [5, 5.41) is 2.89. The highest BCUT2D eigenvalue weighted by atomic mass is 35.5. The predicted molar refractivity (Wildman–Crippen MR) is 79.3 cm³/mol. The molecule has 1 amide bonds. The van der Waals surface area contributed by atoms with Gasteiger partial charge in [0.1, 0.15) is 5.60 Å². The van der Waals surface area contributed by atoms with Gasteiger partial charge in [-0.25, -0.2) is 4.79 Å². The van der Waals surface area contributed by atoms with Crippen molar-refractivity contribution in [3.63, 3.8) is 0 Å². The summed E-state index contributed by atoms with van der Waals surface area (Å²) >= 11 is 5.96. The predicted octanol–water partition coefficient (Wildman–Crippen LogP) is 3.22. The third-order valence-electron chi connectivity index (χ3n) is 2.28. The Morgan fingerprint density at radius 2 is 2.00 bits per heavy atom. The number of carbonyl (C=O) groups is 2. The summed E-state index contributed by atoms with van der Waals surface area (Å²) in [7, 11) is 0. The molecule has 0 aliphatic heterocycles. The molecule has 20 heavy (non-hydrogen) atoms. The van der Waals surface area contributed by atoms with Crippen molar-refractivity contribution < 1.29 is 14.3 Å². The summed E-state index contributed by atoms with van der Waals surface area (Å²) in [5.74, 6) is -0.162. The summed E-state index contributed by atoms with van der Waals surface area (Å²) in [6, 6.07) is 4.67. The molecule has 0 radical (unpaired) electrons. The summed E-state index contributed by atoms with van der Waals surface area (Å²) < 4.78 is 5.13. The fourth-order valence-corrected chi connectivity index (χ4v) is 1.73. The van der Waals surface area contributed by atoms with Crippen LogP contribution in [0.25, 0.3) is 0 Å². The Hall–Kier alpha value is -1.59. The maximum atomic E-state index is 11.8. The second-order valence-electron chi connectivity index (χ2n) is 5.28. The molecule has 0 atom stereocenters. The first kappa shape index (κ1) is 16.5. The van der Waals surface area contributed by atoms with Gasteiger partial charge >= 0.3 is 6.09 Å². The molecule has 0 unspecified atom stereocenters. The van der Waals surface area contributed by atoms with E-state index in [9.17, 15) is 9.59 Å². The standard InChI is InChI=1S/C14H19ClN2O3/c1-14(2,3)20-13(19)17-9-4-5-11(15)10(8-9)12(18)6-7-16/h4-5,8H,6-7,16H2,1-3H3,(H,17,19). The van der Waals surface area contributed by atoms with Gasteiger partial charge in [0.15, 0.2) is 5.78 Å². The number of nitrogens with two attached hydrogens (primary N) is 1. The molecule has 1 aromatic rings. The van der Waals surface area contributed by atoms with Gasteiger partial charge in [-0.1, -0.05) is 11.6 Å². The molecule has 6 heteroatoms. The molecule has 110 valence electrons. The number of amides is 1. The zero-order valence-electron chi connectivity index (χ0n) is 11.8. The number of ketones is 1. The zero-order chi connectivity index (χ0) is 15.3. The lowest BCUT2D eigenvalue weighted by molar-refractivity contribution is 0.0635. The van der Waals surface area contributed by atoms with Crippen molar-refractivity contribution in [2.24, 2.45) is 5.73 Å². The van der Waals surface area contributed by atoms with Gasteiger partial charge in [-0.05, 0) is 45.5 Å². The van der Waals surface area contributed by atoms with E-state index in [1.165, 1.54) is 6.07 Å². The maximum absolute atomic E-state index is 11.8. The van der Waals surface area contributed by atoms with E-state index < -0.39 is 11.7 Å². The van der Waals surface area contributed by atoms with Gasteiger partial charge in [0.05, 0.1) is 5.02 Å².